The first kappa shape index (κ1) is 12.1. The molecule has 0 radical (unpaired) electrons. The minimum Gasteiger partial charge on any atom is -0.497 e. The van der Waals surface area contributed by atoms with Crippen molar-refractivity contribution in [1.82, 2.24) is 0 Å². The van der Waals surface area contributed by atoms with Crippen LogP contribution in [0.5, 0.6) is 5.75 Å². The Balaban J connectivity index is 2.69. The summed E-state index contributed by atoms with van der Waals surface area (Å²) >= 11 is 0. The first-order valence-corrected chi connectivity index (χ1v) is 5.58. The number of ether oxygens (including phenoxy) is 1. The van der Waals surface area contributed by atoms with Crippen LogP contribution < -0.4 is 10.5 Å². The number of rotatable bonds is 5. The zero-order valence-corrected chi connectivity index (χ0v) is 9.86. The van der Waals surface area contributed by atoms with Crippen molar-refractivity contribution >= 4 is 0 Å². The smallest absolute Gasteiger partial charge is 0.118 e. The molecule has 2 N–H and O–H groups in total. The number of methoxy groups -OCH3 is 1. The fourth-order valence-electron chi connectivity index (χ4n) is 1.74. The molecule has 2 atom stereocenters. The van der Waals surface area contributed by atoms with Gasteiger partial charge in [0.2, 0.25) is 0 Å². The number of benzene rings is 1. The first-order chi connectivity index (χ1) is 7.19. The molecule has 0 aliphatic carbocycles. The van der Waals surface area contributed by atoms with Crippen LogP contribution in [0.3, 0.4) is 0 Å². The molecule has 0 aliphatic rings. The Morgan fingerprint density at radius 1 is 1.27 bits per heavy atom. The molecule has 0 fully saturated rings. The molecule has 15 heavy (non-hydrogen) atoms. The van der Waals surface area contributed by atoms with Gasteiger partial charge in [-0.25, -0.2) is 0 Å². The lowest BCUT2D eigenvalue weighted by molar-refractivity contribution is 0.414. The van der Waals surface area contributed by atoms with E-state index < -0.39 is 0 Å². The largest absolute Gasteiger partial charge is 0.497 e. The van der Waals surface area contributed by atoms with E-state index in [1.54, 1.807) is 7.11 Å². The van der Waals surface area contributed by atoms with Crippen molar-refractivity contribution in [3.63, 3.8) is 0 Å². The lowest BCUT2D eigenvalue weighted by Crippen LogP contribution is -2.26. The number of nitrogens with two attached hydrogens (primary N) is 1. The Labute approximate surface area is 92.4 Å². The second kappa shape index (κ2) is 5.76. The van der Waals surface area contributed by atoms with Crippen molar-refractivity contribution in [2.45, 2.75) is 38.6 Å². The molecule has 2 nitrogen and oxygen atoms in total. The summed E-state index contributed by atoms with van der Waals surface area (Å²) in [6, 6.07) is 8.43. The molecule has 2 heteroatoms. The highest BCUT2D eigenvalue weighted by Gasteiger charge is 2.13. The summed E-state index contributed by atoms with van der Waals surface area (Å²) in [7, 11) is 1.68. The van der Waals surface area contributed by atoms with Crippen LogP contribution in [-0.4, -0.2) is 13.2 Å². The van der Waals surface area contributed by atoms with Crippen molar-refractivity contribution in [3.05, 3.63) is 29.8 Å². The standard InChI is InChI=1S/C13H21NO/c1-4-5-13(14)10(2)11-6-8-12(15-3)9-7-11/h6-10,13H,4-5,14H2,1-3H3. The Morgan fingerprint density at radius 2 is 1.87 bits per heavy atom. The van der Waals surface area contributed by atoms with Crippen LogP contribution in [0.25, 0.3) is 0 Å². The van der Waals surface area contributed by atoms with Crippen LogP contribution in [0.2, 0.25) is 0 Å². The monoisotopic (exact) mass is 207 g/mol. The van der Waals surface area contributed by atoms with E-state index in [0.717, 1.165) is 18.6 Å². The molecular formula is C13H21NO. The maximum absolute atomic E-state index is 6.10. The molecule has 1 aromatic carbocycles. The van der Waals surface area contributed by atoms with Gasteiger partial charge in [0, 0.05) is 6.04 Å². The van der Waals surface area contributed by atoms with Gasteiger partial charge in [-0.2, -0.15) is 0 Å². The molecule has 0 bridgehead atoms. The van der Waals surface area contributed by atoms with Gasteiger partial charge in [-0.05, 0) is 30.0 Å². The summed E-state index contributed by atoms with van der Waals surface area (Å²) in [5.74, 6) is 1.31. The molecule has 0 saturated carbocycles. The van der Waals surface area contributed by atoms with Gasteiger partial charge in [-0.15, -0.1) is 0 Å². The Morgan fingerprint density at radius 3 is 2.33 bits per heavy atom. The molecule has 1 aromatic rings. The topological polar surface area (TPSA) is 35.2 Å². The second-order valence-electron chi connectivity index (χ2n) is 4.01. The van der Waals surface area contributed by atoms with E-state index in [1.165, 1.54) is 5.56 Å². The minimum absolute atomic E-state index is 0.253. The van der Waals surface area contributed by atoms with E-state index in [9.17, 15) is 0 Å². The van der Waals surface area contributed by atoms with Crippen LogP contribution in [0.4, 0.5) is 0 Å². The van der Waals surface area contributed by atoms with Crippen molar-refractivity contribution in [2.75, 3.05) is 7.11 Å². The molecule has 0 spiro atoms. The second-order valence-corrected chi connectivity index (χ2v) is 4.01. The molecule has 0 saturated heterocycles. The summed E-state index contributed by atoms with van der Waals surface area (Å²) < 4.78 is 5.13. The third kappa shape index (κ3) is 3.24. The quantitative estimate of drug-likeness (QED) is 0.805. The average molecular weight is 207 g/mol. The molecule has 0 heterocycles. The molecule has 84 valence electrons. The zero-order chi connectivity index (χ0) is 11.3. The minimum atomic E-state index is 0.253. The molecule has 0 amide bonds. The molecular weight excluding hydrogens is 186 g/mol. The van der Waals surface area contributed by atoms with Gasteiger partial charge >= 0.3 is 0 Å². The third-order valence-corrected chi connectivity index (χ3v) is 2.91. The predicted octanol–water partition coefficient (Wildman–Crippen LogP) is 2.93. The van der Waals surface area contributed by atoms with Gasteiger partial charge in [0.15, 0.2) is 0 Å². The van der Waals surface area contributed by atoms with Crippen molar-refractivity contribution in [1.29, 1.82) is 0 Å². The maximum atomic E-state index is 6.10. The highest BCUT2D eigenvalue weighted by Crippen LogP contribution is 2.22. The van der Waals surface area contributed by atoms with Crippen LogP contribution >= 0.6 is 0 Å². The lowest BCUT2D eigenvalue weighted by Gasteiger charge is -2.19. The average Bonchev–Trinajstić information content (AvgIpc) is 2.28. The van der Waals surface area contributed by atoms with Crippen molar-refractivity contribution < 1.29 is 4.74 Å². The fraction of sp³-hybridized carbons (Fsp3) is 0.538. The van der Waals surface area contributed by atoms with E-state index in [4.69, 9.17) is 10.5 Å². The highest BCUT2D eigenvalue weighted by molar-refractivity contribution is 5.29. The SMILES string of the molecule is CCCC(N)C(C)c1ccc(OC)cc1. The fourth-order valence-corrected chi connectivity index (χ4v) is 1.74. The molecule has 2 unspecified atom stereocenters. The summed E-state index contributed by atoms with van der Waals surface area (Å²) in [6.45, 7) is 4.35. The van der Waals surface area contributed by atoms with Crippen molar-refractivity contribution in [3.8, 4) is 5.75 Å². The van der Waals surface area contributed by atoms with Crippen LogP contribution in [0.1, 0.15) is 38.2 Å². The van der Waals surface area contributed by atoms with Crippen molar-refractivity contribution in [2.24, 2.45) is 5.73 Å². The third-order valence-electron chi connectivity index (χ3n) is 2.91. The molecule has 0 aliphatic heterocycles. The zero-order valence-electron chi connectivity index (χ0n) is 9.86. The van der Waals surface area contributed by atoms with Crippen LogP contribution in [0.15, 0.2) is 24.3 Å². The van der Waals surface area contributed by atoms with Gasteiger partial charge in [0.1, 0.15) is 5.75 Å². The van der Waals surface area contributed by atoms with Crippen LogP contribution in [-0.2, 0) is 0 Å². The van der Waals surface area contributed by atoms with Gasteiger partial charge in [0.25, 0.3) is 0 Å². The van der Waals surface area contributed by atoms with E-state index in [0.29, 0.717) is 5.92 Å². The molecule has 0 aromatic heterocycles. The summed E-state index contributed by atoms with van der Waals surface area (Å²) in [5.41, 5.74) is 7.39. The van der Waals surface area contributed by atoms with Gasteiger partial charge in [-0.3, -0.25) is 0 Å². The summed E-state index contributed by atoms with van der Waals surface area (Å²) in [4.78, 5) is 0. The van der Waals surface area contributed by atoms with Gasteiger partial charge in [0.05, 0.1) is 7.11 Å². The summed E-state index contributed by atoms with van der Waals surface area (Å²) in [6.07, 6.45) is 2.22. The van der Waals surface area contributed by atoms with E-state index >= 15 is 0 Å². The predicted molar refractivity (Wildman–Crippen MR) is 64.3 cm³/mol. The van der Waals surface area contributed by atoms with Gasteiger partial charge < -0.3 is 10.5 Å². The van der Waals surface area contributed by atoms with E-state index in [1.807, 2.05) is 12.1 Å². The Kier molecular flexibility index (Phi) is 4.63. The maximum Gasteiger partial charge on any atom is 0.118 e. The Bertz CT molecular complexity index is 281. The van der Waals surface area contributed by atoms with E-state index in [2.05, 4.69) is 26.0 Å². The van der Waals surface area contributed by atoms with Crippen LogP contribution in [0, 0.1) is 0 Å². The number of hydrogen-bond acceptors (Lipinski definition) is 2. The first-order valence-electron chi connectivity index (χ1n) is 5.58. The molecule has 1 rings (SSSR count). The normalized spacial score (nSPS) is 14.7. The highest BCUT2D eigenvalue weighted by atomic mass is 16.5. The number of hydrogen-bond donors (Lipinski definition) is 1. The van der Waals surface area contributed by atoms with E-state index in [-0.39, 0.29) is 6.04 Å². The lowest BCUT2D eigenvalue weighted by atomic mass is 9.91. The Hall–Kier alpha value is -1.02. The summed E-state index contributed by atoms with van der Waals surface area (Å²) in [5, 5.41) is 0. The van der Waals surface area contributed by atoms with Gasteiger partial charge in [-0.1, -0.05) is 32.4 Å².